The van der Waals surface area contributed by atoms with Gasteiger partial charge in [0.15, 0.2) is 23.3 Å². The number of esters is 1. The van der Waals surface area contributed by atoms with Gasteiger partial charge in [-0.25, -0.2) is 26.7 Å². The lowest BCUT2D eigenvalue weighted by atomic mass is 10.0. The fourth-order valence-electron chi connectivity index (χ4n) is 1.54. The van der Waals surface area contributed by atoms with Crippen LogP contribution >= 0.6 is 0 Å². The van der Waals surface area contributed by atoms with Crippen LogP contribution in [0.3, 0.4) is 0 Å². The molecule has 0 aliphatic carbocycles. The third-order valence-electron chi connectivity index (χ3n) is 2.57. The van der Waals surface area contributed by atoms with Crippen molar-refractivity contribution in [1.29, 1.82) is 0 Å². The Labute approximate surface area is 127 Å². The number of ether oxygens (including phenoxy) is 1. The van der Waals surface area contributed by atoms with E-state index < -0.39 is 52.8 Å². The Morgan fingerprint density at radius 3 is 2.39 bits per heavy atom. The minimum Gasteiger partial charge on any atom is -0.462 e. The number of hydrogen-bond donors (Lipinski definition) is 1. The molecule has 4 nitrogen and oxygen atoms in total. The van der Waals surface area contributed by atoms with E-state index in [9.17, 15) is 31.5 Å². The molecular weight excluding hydrogens is 325 g/mol. The van der Waals surface area contributed by atoms with Crippen molar-refractivity contribution in [2.75, 3.05) is 19.8 Å². The summed E-state index contributed by atoms with van der Waals surface area (Å²) in [5.74, 6) is -10.7. The van der Waals surface area contributed by atoms with E-state index in [1.165, 1.54) is 6.92 Å². The zero-order valence-electron chi connectivity index (χ0n) is 11.9. The second kappa shape index (κ2) is 8.25. The van der Waals surface area contributed by atoms with E-state index in [1.807, 2.05) is 0 Å². The van der Waals surface area contributed by atoms with Crippen molar-refractivity contribution < 1.29 is 36.3 Å². The smallest absolute Gasteiger partial charge is 0.343 e. The molecule has 1 aromatic rings. The van der Waals surface area contributed by atoms with Crippen molar-refractivity contribution in [1.82, 2.24) is 5.32 Å². The van der Waals surface area contributed by atoms with Crippen LogP contribution in [-0.2, 0) is 9.53 Å². The van der Waals surface area contributed by atoms with Crippen LogP contribution in [0.25, 0.3) is 0 Å². The monoisotopic (exact) mass is 337 g/mol. The van der Waals surface area contributed by atoms with Crippen LogP contribution in [0.1, 0.15) is 17.3 Å². The number of hydrogen-bond acceptors (Lipinski definition) is 4. The van der Waals surface area contributed by atoms with Crippen molar-refractivity contribution in [3.8, 4) is 0 Å². The summed E-state index contributed by atoms with van der Waals surface area (Å²) >= 11 is 0. The largest absolute Gasteiger partial charge is 0.462 e. The van der Waals surface area contributed by atoms with Gasteiger partial charge in [-0.3, -0.25) is 4.79 Å². The first kappa shape index (κ1) is 18.6. The van der Waals surface area contributed by atoms with E-state index in [4.69, 9.17) is 0 Å². The van der Waals surface area contributed by atoms with Gasteiger partial charge < -0.3 is 10.1 Å². The molecule has 0 aromatic heterocycles. The van der Waals surface area contributed by atoms with Crippen LogP contribution in [0.2, 0.25) is 0 Å². The summed E-state index contributed by atoms with van der Waals surface area (Å²) < 4.78 is 69.5. The molecule has 0 aliphatic rings. The van der Waals surface area contributed by atoms with Gasteiger partial charge in [0, 0.05) is 12.7 Å². The highest BCUT2D eigenvalue weighted by Crippen LogP contribution is 2.21. The van der Waals surface area contributed by atoms with E-state index in [0.717, 1.165) is 6.20 Å². The Balaban J connectivity index is 3.30. The molecular formula is C14H12F5NO3. The van der Waals surface area contributed by atoms with Gasteiger partial charge >= 0.3 is 5.97 Å². The molecule has 0 saturated carbocycles. The summed E-state index contributed by atoms with van der Waals surface area (Å²) in [5, 5.41) is 2.24. The number of ketones is 1. The first-order chi connectivity index (χ1) is 10.8. The minimum atomic E-state index is -2.19. The molecule has 0 saturated heterocycles. The molecule has 0 spiro atoms. The third-order valence-corrected chi connectivity index (χ3v) is 2.57. The van der Waals surface area contributed by atoms with Crippen LogP contribution in [0.15, 0.2) is 17.8 Å². The predicted molar refractivity (Wildman–Crippen MR) is 69.3 cm³/mol. The van der Waals surface area contributed by atoms with Crippen molar-refractivity contribution >= 4 is 11.8 Å². The normalized spacial score (nSPS) is 11.3. The molecule has 0 amide bonds. The summed E-state index contributed by atoms with van der Waals surface area (Å²) in [6, 6.07) is 0.123. The maximum atomic E-state index is 13.6. The van der Waals surface area contributed by atoms with Gasteiger partial charge in [-0.15, -0.1) is 0 Å². The van der Waals surface area contributed by atoms with Gasteiger partial charge in [0.1, 0.15) is 12.2 Å². The second-order valence-electron chi connectivity index (χ2n) is 4.10. The fourth-order valence-corrected chi connectivity index (χ4v) is 1.54. The van der Waals surface area contributed by atoms with Crippen molar-refractivity contribution in [2.45, 2.75) is 6.92 Å². The second-order valence-corrected chi connectivity index (χ2v) is 4.10. The first-order valence-electron chi connectivity index (χ1n) is 6.39. The lowest BCUT2D eigenvalue weighted by Crippen LogP contribution is -2.22. The Bertz CT molecular complexity index is 646. The number of alkyl halides is 1. The highest BCUT2D eigenvalue weighted by atomic mass is 19.2. The molecule has 0 heterocycles. The number of carbonyl (C=O) groups excluding carboxylic acids is 2. The lowest BCUT2D eigenvalue weighted by Gasteiger charge is -2.09. The van der Waals surface area contributed by atoms with Gasteiger partial charge in [-0.2, -0.15) is 0 Å². The highest BCUT2D eigenvalue weighted by molar-refractivity contribution is 6.24. The molecule has 0 unspecified atom stereocenters. The van der Waals surface area contributed by atoms with Gasteiger partial charge in [0.2, 0.25) is 5.78 Å². The zero-order valence-corrected chi connectivity index (χ0v) is 11.9. The number of benzene rings is 1. The molecule has 1 N–H and O–H groups in total. The highest BCUT2D eigenvalue weighted by Gasteiger charge is 2.28. The van der Waals surface area contributed by atoms with Crippen molar-refractivity contribution in [2.24, 2.45) is 0 Å². The summed E-state index contributed by atoms with van der Waals surface area (Å²) in [6.45, 7) is 0.174. The molecule has 0 fully saturated rings. The van der Waals surface area contributed by atoms with Gasteiger partial charge in [-0.05, 0) is 13.0 Å². The Kier molecular flexibility index (Phi) is 6.67. The van der Waals surface area contributed by atoms with Gasteiger partial charge in [-0.1, -0.05) is 0 Å². The van der Waals surface area contributed by atoms with E-state index in [1.54, 1.807) is 0 Å². The molecule has 126 valence electrons. The standard InChI is InChI=1S/C14H12F5NO3/c1-2-23-14(22)8(6-20-4-3-15)13(21)7-5-9(16)11(18)12(19)10(7)17/h5-6,20H,2-4H2,1H3/b8-6+. The van der Waals surface area contributed by atoms with Gasteiger partial charge in [0.05, 0.1) is 12.2 Å². The summed E-state index contributed by atoms with van der Waals surface area (Å²) in [5.41, 5.74) is -2.01. The number of rotatable bonds is 7. The topological polar surface area (TPSA) is 55.4 Å². The molecule has 1 aromatic carbocycles. The van der Waals surface area contributed by atoms with Crippen LogP contribution in [-0.4, -0.2) is 31.6 Å². The number of halogens is 5. The summed E-state index contributed by atoms with van der Waals surface area (Å²) in [7, 11) is 0. The molecule has 0 atom stereocenters. The van der Waals surface area contributed by atoms with Crippen LogP contribution < -0.4 is 5.32 Å². The van der Waals surface area contributed by atoms with Crippen LogP contribution in [0.4, 0.5) is 22.0 Å². The Hall–Kier alpha value is -2.45. The minimum absolute atomic E-state index is 0.123. The Morgan fingerprint density at radius 2 is 1.83 bits per heavy atom. The Morgan fingerprint density at radius 1 is 1.17 bits per heavy atom. The van der Waals surface area contributed by atoms with E-state index in [-0.39, 0.29) is 19.2 Å². The maximum Gasteiger partial charge on any atom is 0.343 e. The number of nitrogens with one attached hydrogen (secondary N) is 1. The SMILES string of the molecule is CCOC(=O)/C(=C/NCCF)C(=O)c1cc(F)c(F)c(F)c1F. The van der Waals surface area contributed by atoms with E-state index >= 15 is 0 Å². The fraction of sp³-hybridized carbons (Fsp3) is 0.286. The number of carbonyl (C=O) groups is 2. The molecule has 0 radical (unpaired) electrons. The molecule has 9 heteroatoms. The molecule has 1 rings (SSSR count). The van der Waals surface area contributed by atoms with Crippen molar-refractivity contribution in [3.05, 3.63) is 46.7 Å². The quantitative estimate of drug-likeness (QED) is 0.0956. The molecule has 0 bridgehead atoms. The van der Waals surface area contributed by atoms with E-state index in [2.05, 4.69) is 10.1 Å². The van der Waals surface area contributed by atoms with E-state index in [0.29, 0.717) is 0 Å². The number of Topliss-reactive ketones (excluding diaryl/α,β-unsaturated/α-hetero) is 1. The van der Waals surface area contributed by atoms with Crippen LogP contribution in [0.5, 0.6) is 0 Å². The average Bonchev–Trinajstić information content (AvgIpc) is 2.52. The summed E-state index contributed by atoms with van der Waals surface area (Å²) in [6.07, 6.45) is 0.735. The zero-order chi connectivity index (χ0) is 17.6. The summed E-state index contributed by atoms with van der Waals surface area (Å²) in [4.78, 5) is 23.8. The third kappa shape index (κ3) is 4.27. The lowest BCUT2D eigenvalue weighted by molar-refractivity contribution is -0.138. The average molecular weight is 337 g/mol. The van der Waals surface area contributed by atoms with Crippen molar-refractivity contribution in [3.63, 3.8) is 0 Å². The van der Waals surface area contributed by atoms with Gasteiger partial charge in [0.25, 0.3) is 0 Å². The first-order valence-corrected chi connectivity index (χ1v) is 6.39. The maximum absolute atomic E-state index is 13.6. The van der Waals surface area contributed by atoms with Crippen LogP contribution in [0, 0.1) is 23.3 Å². The molecule has 23 heavy (non-hydrogen) atoms. The predicted octanol–water partition coefficient (Wildman–Crippen LogP) is 2.43. The molecule has 0 aliphatic heterocycles.